The van der Waals surface area contributed by atoms with Gasteiger partial charge in [-0.05, 0) is 33.8 Å². The Morgan fingerprint density at radius 1 is 1.09 bits per heavy atom. The van der Waals surface area contributed by atoms with Gasteiger partial charge in [0.1, 0.15) is 0 Å². The molecule has 23 heavy (non-hydrogen) atoms. The summed E-state index contributed by atoms with van der Waals surface area (Å²) < 4.78 is 12.1. The van der Waals surface area contributed by atoms with E-state index in [1.165, 1.54) is 11.1 Å². The lowest BCUT2D eigenvalue weighted by atomic mass is 9.93. The number of benzene rings is 1. The van der Waals surface area contributed by atoms with Crippen molar-refractivity contribution < 1.29 is 9.16 Å². The van der Waals surface area contributed by atoms with Crippen LogP contribution in [0.5, 0.6) is 0 Å². The summed E-state index contributed by atoms with van der Waals surface area (Å²) in [6.45, 7) is 16.1. The van der Waals surface area contributed by atoms with E-state index in [9.17, 15) is 0 Å². The fraction of sp³-hybridized carbons (Fsp3) is 0.684. The maximum atomic E-state index is 6.75. The fourth-order valence-electron chi connectivity index (χ4n) is 4.22. The van der Waals surface area contributed by atoms with Crippen molar-refractivity contribution in [2.45, 2.75) is 70.7 Å². The van der Waals surface area contributed by atoms with Gasteiger partial charge in [-0.3, -0.25) is 0 Å². The van der Waals surface area contributed by atoms with Crippen LogP contribution in [0.1, 0.15) is 58.6 Å². The number of hydrogen-bond donors (Lipinski definition) is 0. The topological polar surface area (TPSA) is 18.5 Å². The Labute approximate surface area is 147 Å². The van der Waals surface area contributed by atoms with E-state index < -0.39 is 8.32 Å². The SMILES string of the molecule is CC(C)[Si](OCc1c(Cl)cccc1C1COC1)(C(C)C)C(C)C. The van der Waals surface area contributed by atoms with Gasteiger partial charge in [0.2, 0.25) is 8.32 Å². The lowest BCUT2D eigenvalue weighted by Gasteiger charge is -2.42. The van der Waals surface area contributed by atoms with Crippen molar-refractivity contribution in [3.05, 3.63) is 34.3 Å². The van der Waals surface area contributed by atoms with Crippen molar-refractivity contribution in [1.82, 2.24) is 0 Å². The van der Waals surface area contributed by atoms with Crippen LogP contribution in [-0.4, -0.2) is 21.5 Å². The monoisotopic (exact) mass is 354 g/mol. The third kappa shape index (κ3) is 3.68. The molecule has 0 aliphatic carbocycles. The average molecular weight is 355 g/mol. The molecule has 0 radical (unpaired) electrons. The molecule has 1 aliphatic rings. The Balaban J connectivity index is 2.28. The van der Waals surface area contributed by atoms with Crippen LogP contribution in [0, 0.1) is 0 Å². The van der Waals surface area contributed by atoms with Crippen LogP contribution in [0.3, 0.4) is 0 Å². The molecule has 0 bridgehead atoms. The van der Waals surface area contributed by atoms with E-state index in [0.29, 0.717) is 29.1 Å². The minimum Gasteiger partial charge on any atom is -0.412 e. The van der Waals surface area contributed by atoms with Crippen molar-refractivity contribution in [3.8, 4) is 0 Å². The van der Waals surface area contributed by atoms with E-state index in [2.05, 4.69) is 47.6 Å². The molecule has 0 saturated carbocycles. The van der Waals surface area contributed by atoms with E-state index in [4.69, 9.17) is 20.8 Å². The van der Waals surface area contributed by atoms with E-state index in [1.807, 2.05) is 12.1 Å². The summed E-state index contributed by atoms with van der Waals surface area (Å²) in [7, 11) is -1.87. The fourth-order valence-corrected chi connectivity index (χ4v) is 9.85. The van der Waals surface area contributed by atoms with Gasteiger partial charge in [-0.1, -0.05) is 65.3 Å². The molecule has 1 fully saturated rings. The minimum absolute atomic E-state index is 0.473. The van der Waals surface area contributed by atoms with E-state index in [0.717, 1.165) is 18.2 Å². The lowest BCUT2D eigenvalue weighted by Crippen LogP contribution is -2.47. The quantitative estimate of drug-likeness (QED) is 0.547. The van der Waals surface area contributed by atoms with Gasteiger partial charge in [0.05, 0.1) is 19.8 Å². The van der Waals surface area contributed by atoms with Crippen LogP contribution < -0.4 is 0 Å². The highest BCUT2D eigenvalue weighted by Crippen LogP contribution is 2.43. The standard InChI is InChI=1S/C19H31ClO2Si/c1-13(2)23(14(3)4,15(5)6)22-12-18-17(16-10-21-11-16)8-7-9-19(18)20/h7-9,13-16H,10-12H2,1-6H3. The molecular weight excluding hydrogens is 324 g/mol. The summed E-state index contributed by atoms with van der Waals surface area (Å²) in [4.78, 5) is 0. The number of halogens is 1. The van der Waals surface area contributed by atoms with Gasteiger partial charge in [-0.25, -0.2) is 0 Å². The van der Waals surface area contributed by atoms with Crippen molar-refractivity contribution in [1.29, 1.82) is 0 Å². The molecule has 4 heteroatoms. The molecule has 0 spiro atoms. The summed E-state index contributed by atoms with van der Waals surface area (Å²) in [5, 5.41) is 0.827. The molecule has 2 rings (SSSR count). The Hall–Kier alpha value is -0.353. The van der Waals surface area contributed by atoms with Gasteiger partial charge in [-0.15, -0.1) is 0 Å². The largest absolute Gasteiger partial charge is 0.412 e. The number of hydrogen-bond acceptors (Lipinski definition) is 2. The third-order valence-electron chi connectivity index (χ3n) is 5.41. The maximum absolute atomic E-state index is 6.75. The molecule has 130 valence electrons. The number of rotatable bonds is 7. The molecule has 0 N–H and O–H groups in total. The predicted octanol–water partition coefficient (Wildman–Crippen LogP) is 6.15. The van der Waals surface area contributed by atoms with E-state index in [-0.39, 0.29) is 0 Å². The molecule has 0 unspecified atom stereocenters. The highest BCUT2D eigenvalue weighted by Gasteiger charge is 2.45. The van der Waals surface area contributed by atoms with Crippen molar-refractivity contribution >= 4 is 19.9 Å². The zero-order valence-corrected chi connectivity index (χ0v) is 17.1. The maximum Gasteiger partial charge on any atom is 0.200 e. The first-order valence-electron chi connectivity index (χ1n) is 8.79. The molecule has 1 saturated heterocycles. The van der Waals surface area contributed by atoms with Gasteiger partial charge in [0.15, 0.2) is 0 Å². The highest BCUT2D eigenvalue weighted by atomic mass is 35.5. The molecule has 1 heterocycles. The van der Waals surface area contributed by atoms with Gasteiger partial charge >= 0.3 is 0 Å². The van der Waals surface area contributed by atoms with Crippen LogP contribution >= 0.6 is 11.6 Å². The Kier molecular flexibility index (Phi) is 6.34. The van der Waals surface area contributed by atoms with E-state index in [1.54, 1.807) is 0 Å². The van der Waals surface area contributed by atoms with Crippen LogP contribution in [0.2, 0.25) is 21.6 Å². The van der Waals surface area contributed by atoms with Gasteiger partial charge in [-0.2, -0.15) is 0 Å². The average Bonchev–Trinajstić information content (AvgIpc) is 2.38. The lowest BCUT2D eigenvalue weighted by molar-refractivity contribution is 0.00772. The third-order valence-corrected chi connectivity index (χ3v) is 11.8. The van der Waals surface area contributed by atoms with Crippen molar-refractivity contribution in [3.63, 3.8) is 0 Å². The van der Waals surface area contributed by atoms with Gasteiger partial charge in [0.25, 0.3) is 0 Å². The summed E-state index contributed by atoms with van der Waals surface area (Å²) in [6.07, 6.45) is 0. The van der Waals surface area contributed by atoms with Crippen LogP contribution in [0.25, 0.3) is 0 Å². The second kappa shape index (κ2) is 7.69. The molecule has 0 amide bonds. The molecular formula is C19H31ClO2Si. The summed E-state index contributed by atoms with van der Waals surface area (Å²) in [5.74, 6) is 0.473. The van der Waals surface area contributed by atoms with Crippen molar-refractivity contribution in [2.24, 2.45) is 0 Å². The molecule has 1 aromatic rings. The van der Waals surface area contributed by atoms with E-state index >= 15 is 0 Å². The summed E-state index contributed by atoms with van der Waals surface area (Å²) >= 11 is 6.52. The first-order chi connectivity index (χ1) is 10.8. The Bertz CT molecular complexity index is 502. The van der Waals surface area contributed by atoms with Gasteiger partial charge < -0.3 is 9.16 Å². The zero-order chi connectivity index (χ0) is 17.2. The zero-order valence-electron chi connectivity index (χ0n) is 15.4. The summed E-state index contributed by atoms with van der Waals surface area (Å²) in [6, 6.07) is 6.20. The molecule has 0 aromatic heterocycles. The first kappa shape index (κ1) is 19.0. The van der Waals surface area contributed by atoms with Crippen molar-refractivity contribution in [2.75, 3.05) is 13.2 Å². The second-order valence-electron chi connectivity index (χ2n) is 7.65. The number of ether oxygens (including phenoxy) is 1. The minimum atomic E-state index is -1.87. The summed E-state index contributed by atoms with van der Waals surface area (Å²) in [5.41, 5.74) is 4.23. The molecule has 1 aliphatic heterocycles. The second-order valence-corrected chi connectivity index (χ2v) is 13.5. The predicted molar refractivity (Wildman–Crippen MR) is 101 cm³/mol. The van der Waals surface area contributed by atoms with Crippen LogP contribution in [0.15, 0.2) is 18.2 Å². The van der Waals surface area contributed by atoms with Crippen LogP contribution in [0.4, 0.5) is 0 Å². The molecule has 0 atom stereocenters. The first-order valence-corrected chi connectivity index (χ1v) is 11.3. The Morgan fingerprint density at radius 3 is 2.09 bits per heavy atom. The van der Waals surface area contributed by atoms with Crippen LogP contribution in [-0.2, 0) is 15.8 Å². The smallest absolute Gasteiger partial charge is 0.200 e. The molecule has 2 nitrogen and oxygen atoms in total. The van der Waals surface area contributed by atoms with Gasteiger partial charge in [0, 0.05) is 10.9 Å². The highest BCUT2D eigenvalue weighted by molar-refractivity contribution is 6.77. The Morgan fingerprint density at radius 2 is 1.65 bits per heavy atom. The normalized spacial score (nSPS) is 16.4. The molecule has 1 aromatic carbocycles.